The summed E-state index contributed by atoms with van der Waals surface area (Å²) in [6.07, 6.45) is 1.54. The third-order valence-electron chi connectivity index (χ3n) is 0.855. The molecule has 44 valence electrons. The van der Waals surface area contributed by atoms with Gasteiger partial charge in [-0.15, -0.1) is 0 Å². The van der Waals surface area contributed by atoms with Crippen LogP contribution < -0.4 is 9.98 Å². The first-order valence-corrected chi connectivity index (χ1v) is 3.92. The van der Waals surface area contributed by atoms with Crippen molar-refractivity contribution in [1.29, 1.82) is 0 Å². The molecule has 0 aliphatic carbocycles. The van der Waals surface area contributed by atoms with Gasteiger partial charge >= 0.3 is 67.4 Å². The fourth-order valence-electron chi connectivity index (χ4n) is 0.427. The Kier molecular flexibility index (Phi) is 1.94. The van der Waals surface area contributed by atoms with Gasteiger partial charge in [-0.25, -0.2) is 0 Å². The number of nitrogens with zero attached hydrogens (tertiary/aromatic N) is 1. The van der Waals surface area contributed by atoms with Gasteiger partial charge in [-0.05, 0) is 0 Å². The van der Waals surface area contributed by atoms with E-state index in [0.717, 1.165) is 4.25 Å². The van der Waals surface area contributed by atoms with Crippen LogP contribution in [0.25, 0.3) is 0 Å². The number of H-pyrrole nitrogens is 1. The minimum atomic E-state index is 0.531. The van der Waals surface area contributed by atoms with Gasteiger partial charge in [0.1, 0.15) is 0 Å². The number of hydrogen-bond donors (Lipinski definition) is 2. The maximum atomic E-state index is 5.42. The van der Waals surface area contributed by atoms with Crippen LogP contribution in [0.2, 0.25) is 0 Å². The van der Waals surface area contributed by atoms with Crippen molar-refractivity contribution in [2.75, 3.05) is 5.73 Å². The van der Waals surface area contributed by atoms with E-state index in [1.54, 1.807) is 0 Å². The minimum absolute atomic E-state index is 0.531. The number of nitrogens with two attached hydrogens (primary N) is 1. The molecule has 9 heavy (non-hydrogen) atoms. The second-order valence-electron chi connectivity index (χ2n) is 1.55. The third kappa shape index (κ3) is 1.57. The fraction of sp³-hybridized carbons (Fsp3) is 0. The second kappa shape index (κ2) is 2.55. The van der Waals surface area contributed by atoms with Crippen LogP contribution >= 0.6 is 12.2 Å². The molecule has 0 amide bonds. The van der Waals surface area contributed by atoms with Crippen molar-refractivity contribution in [2.45, 2.75) is 0 Å². The maximum absolute atomic E-state index is 5.42. The third-order valence-corrected chi connectivity index (χ3v) is 1.99. The van der Waals surface area contributed by atoms with Crippen molar-refractivity contribution in [3.05, 3.63) is 10.8 Å². The number of hydrogen-bond acceptors (Lipinski definition) is 3. The van der Waals surface area contributed by atoms with E-state index in [9.17, 15) is 0 Å². The summed E-state index contributed by atoms with van der Waals surface area (Å²) < 4.78 is 1.51. The number of nitrogen functional groups attached to an aromatic ring is 1. The predicted octanol–water partition coefficient (Wildman–Crippen LogP) is -0.485. The average molecular weight is 196 g/mol. The van der Waals surface area contributed by atoms with Gasteiger partial charge in [0.05, 0.1) is 0 Å². The zero-order chi connectivity index (χ0) is 6.85. The molecule has 0 bridgehead atoms. The average Bonchev–Trinajstić information content (AvgIpc) is 1.80. The molecule has 0 aliphatic rings. The van der Waals surface area contributed by atoms with Crippen molar-refractivity contribution in [3.63, 3.8) is 0 Å². The summed E-state index contributed by atoms with van der Waals surface area (Å²) in [6, 6.07) is 0. The predicted molar refractivity (Wildman–Crippen MR) is 39.2 cm³/mol. The van der Waals surface area contributed by atoms with E-state index >= 15 is 0 Å². The zero-order valence-corrected chi connectivity index (χ0v) is 7.83. The zero-order valence-electron chi connectivity index (χ0n) is 4.59. The van der Waals surface area contributed by atoms with Gasteiger partial charge in [-0.2, -0.15) is 0 Å². The molecule has 0 aliphatic heterocycles. The molecule has 3 N–H and O–H groups in total. The first-order valence-electron chi connectivity index (χ1n) is 2.30. The summed E-state index contributed by atoms with van der Waals surface area (Å²) in [5.74, 6) is 0.531. The molecule has 0 spiro atoms. The molecule has 0 fully saturated rings. The van der Waals surface area contributed by atoms with Gasteiger partial charge < -0.3 is 0 Å². The van der Waals surface area contributed by atoms with E-state index < -0.39 is 0 Å². The second-order valence-corrected chi connectivity index (χ2v) is 3.20. The number of rotatable bonds is 0. The van der Waals surface area contributed by atoms with Crippen LogP contribution in [0, 0.1) is 4.64 Å². The SMILES string of the molecule is Nc1ncc(=S)[nH][c]1[Ga]. The van der Waals surface area contributed by atoms with Crippen LogP contribution in [0.1, 0.15) is 0 Å². The quantitative estimate of drug-likeness (QED) is 0.435. The van der Waals surface area contributed by atoms with E-state index in [4.69, 9.17) is 18.0 Å². The Hall–Kier alpha value is -0.264. The molecule has 1 aromatic heterocycles. The van der Waals surface area contributed by atoms with Crippen LogP contribution in [0.15, 0.2) is 6.20 Å². The fourth-order valence-corrected chi connectivity index (χ4v) is 1.29. The number of aromatic amines is 1. The summed E-state index contributed by atoms with van der Waals surface area (Å²) in [5.41, 5.74) is 5.42. The monoisotopic (exact) mass is 195 g/mol. The van der Waals surface area contributed by atoms with Crippen LogP contribution in [0.3, 0.4) is 0 Å². The molecule has 1 heterocycles. The van der Waals surface area contributed by atoms with Gasteiger partial charge in [0.15, 0.2) is 0 Å². The van der Waals surface area contributed by atoms with Crippen molar-refractivity contribution >= 4 is 40.9 Å². The van der Waals surface area contributed by atoms with E-state index in [1.807, 2.05) is 0 Å². The molecule has 0 atom stereocenters. The number of anilines is 1. The molecule has 1 aromatic rings. The molecule has 3 nitrogen and oxygen atoms in total. The summed E-state index contributed by atoms with van der Waals surface area (Å²) in [7, 11) is 0. The van der Waals surface area contributed by atoms with Crippen molar-refractivity contribution in [1.82, 2.24) is 9.97 Å². The van der Waals surface area contributed by atoms with E-state index in [-0.39, 0.29) is 0 Å². The summed E-state index contributed by atoms with van der Waals surface area (Å²) in [4.78, 5) is 6.73. The summed E-state index contributed by atoms with van der Waals surface area (Å²) in [6.45, 7) is 0. The Morgan fingerprint density at radius 1 is 1.78 bits per heavy atom. The Balaban J connectivity index is 3.34. The first-order chi connectivity index (χ1) is 4.20. The molecule has 0 unspecified atom stereocenters. The Morgan fingerprint density at radius 2 is 2.44 bits per heavy atom. The van der Waals surface area contributed by atoms with Gasteiger partial charge in [0, 0.05) is 0 Å². The van der Waals surface area contributed by atoms with Crippen LogP contribution in [0.4, 0.5) is 5.82 Å². The van der Waals surface area contributed by atoms with E-state index in [0.29, 0.717) is 10.5 Å². The van der Waals surface area contributed by atoms with Crippen molar-refractivity contribution < 1.29 is 0 Å². The molecule has 2 radical (unpaired) electrons. The molecule has 5 heteroatoms. The molecule has 0 saturated heterocycles. The summed E-state index contributed by atoms with van der Waals surface area (Å²) in [5, 5.41) is 0. The van der Waals surface area contributed by atoms with Crippen molar-refractivity contribution in [3.8, 4) is 0 Å². The van der Waals surface area contributed by atoms with Crippen LogP contribution in [-0.2, 0) is 0 Å². The van der Waals surface area contributed by atoms with Gasteiger partial charge in [0.25, 0.3) is 0 Å². The van der Waals surface area contributed by atoms with E-state index in [2.05, 4.69) is 9.97 Å². The van der Waals surface area contributed by atoms with Crippen LogP contribution in [-0.4, -0.2) is 28.6 Å². The molecule has 0 saturated carbocycles. The van der Waals surface area contributed by atoms with Crippen molar-refractivity contribution in [2.24, 2.45) is 0 Å². The van der Waals surface area contributed by atoms with E-state index in [1.165, 1.54) is 24.8 Å². The Morgan fingerprint density at radius 3 is 2.89 bits per heavy atom. The van der Waals surface area contributed by atoms with Gasteiger partial charge in [-0.1, -0.05) is 0 Å². The summed E-state index contributed by atoms with van der Waals surface area (Å²) >= 11 is 6.19. The van der Waals surface area contributed by atoms with Gasteiger partial charge in [0.2, 0.25) is 0 Å². The Labute approximate surface area is 67.6 Å². The van der Waals surface area contributed by atoms with Gasteiger partial charge in [-0.3, -0.25) is 0 Å². The standard InChI is InChI=1S/C4H4N3S.Ga/c5-3-1-7-4(8)2-6-3;/h2H,(H2,5,6)(H,7,8);. The Bertz CT molecular complexity index is 269. The molecular formula is C4H4GaN3S. The molecular weight excluding hydrogens is 192 g/mol. The molecule has 0 aromatic carbocycles. The van der Waals surface area contributed by atoms with Crippen LogP contribution in [0.5, 0.6) is 0 Å². The number of aromatic nitrogens is 2. The molecule has 1 rings (SSSR count). The first kappa shape index (κ1) is 6.85. The topological polar surface area (TPSA) is 54.7 Å². The normalized spacial score (nSPS) is 9.33. The number of nitrogens with one attached hydrogen (secondary N) is 1.